The van der Waals surface area contributed by atoms with Gasteiger partial charge in [0.05, 0.1) is 13.2 Å². The van der Waals surface area contributed by atoms with Crippen LogP contribution in [0.25, 0.3) is 0 Å². The Morgan fingerprint density at radius 2 is 2.00 bits per heavy atom. The fourth-order valence-electron chi connectivity index (χ4n) is 1.90. The largest absolute Gasteiger partial charge is 0.378 e. The van der Waals surface area contributed by atoms with Crippen LogP contribution in [0.5, 0.6) is 0 Å². The van der Waals surface area contributed by atoms with Crippen LogP contribution in [0.3, 0.4) is 0 Å². The Hall–Kier alpha value is -1.63. The molecule has 0 unspecified atom stereocenters. The standard InChI is InChI=1S/C13H19N3O3/c14-13(17)10-19-15-9-11-1-3-12(4-2-11)16-5-7-18-8-6-16/h1-4,15H,5-10H2,(H2,14,17). The number of nitrogens with zero attached hydrogens (tertiary/aromatic N) is 1. The van der Waals surface area contributed by atoms with Gasteiger partial charge < -0.3 is 15.4 Å². The lowest BCUT2D eigenvalue weighted by molar-refractivity contribution is -0.125. The lowest BCUT2D eigenvalue weighted by Gasteiger charge is -2.28. The van der Waals surface area contributed by atoms with Crippen molar-refractivity contribution in [3.8, 4) is 0 Å². The van der Waals surface area contributed by atoms with Gasteiger partial charge in [-0.1, -0.05) is 12.1 Å². The molecule has 1 amide bonds. The van der Waals surface area contributed by atoms with Gasteiger partial charge in [0.2, 0.25) is 5.91 Å². The van der Waals surface area contributed by atoms with E-state index in [0.29, 0.717) is 6.54 Å². The highest BCUT2D eigenvalue weighted by atomic mass is 16.6. The predicted molar refractivity (Wildman–Crippen MR) is 71.5 cm³/mol. The fraction of sp³-hybridized carbons (Fsp3) is 0.462. The van der Waals surface area contributed by atoms with Gasteiger partial charge in [-0.2, -0.15) is 5.48 Å². The maximum atomic E-state index is 10.5. The van der Waals surface area contributed by atoms with Gasteiger partial charge in [-0.3, -0.25) is 9.63 Å². The van der Waals surface area contributed by atoms with Gasteiger partial charge in [0.15, 0.2) is 0 Å². The molecule has 1 aliphatic rings. The highest BCUT2D eigenvalue weighted by Crippen LogP contribution is 2.16. The average molecular weight is 265 g/mol. The molecule has 1 fully saturated rings. The van der Waals surface area contributed by atoms with E-state index in [1.165, 1.54) is 5.69 Å². The number of morpholine rings is 1. The number of hydrogen-bond donors (Lipinski definition) is 2. The molecule has 104 valence electrons. The van der Waals surface area contributed by atoms with Gasteiger partial charge in [0.1, 0.15) is 6.61 Å². The van der Waals surface area contributed by atoms with Crippen molar-refractivity contribution in [1.29, 1.82) is 0 Å². The van der Waals surface area contributed by atoms with E-state index in [2.05, 4.69) is 22.5 Å². The van der Waals surface area contributed by atoms with Crippen LogP contribution < -0.4 is 16.1 Å². The molecule has 3 N–H and O–H groups in total. The van der Waals surface area contributed by atoms with Crippen molar-refractivity contribution < 1.29 is 14.4 Å². The molecule has 19 heavy (non-hydrogen) atoms. The first-order valence-corrected chi connectivity index (χ1v) is 6.30. The Morgan fingerprint density at radius 3 is 2.63 bits per heavy atom. The number of ether oxygens (including phenoxy) is 1. The van der Waals surface area contributed by atoms with Crippen molar-refractivity contribution >= 4 is 11.6 Å². The van der Waals surface area contributed by atoms with Crippen molar-refractivity contribution in [2.24, 2.45) is 5.73 Å². The quantitative estimate of drug-likeness (QED) is 0.560. The van der Waals surface area contributed by atoms with E-state index in [9.17, 15) is 4.79 Å². The summed E-state index contributed by atoms with van der Waals surface area (Å²) < 4.78 is 5.32. The summed E-state index contributed by atoms with van der Waals surface area (Å²) in [6, 6.07) is 8.23. The maximum absolute atomic E-state index is 10.5. The number of primary amides is 1. The Labute approximate surface area is 112 Å². The molecule has 1 aromatic carbocycles. The van der Waals surface area contributed by atoms with E-state index >= 15 is 0 Å². The molecule has 0 aromatic heterocycles. The smallest absolute Gasteiger partial charge is 0.245 e. The Kier molecular flexibility index (Phi) is 5.14. The number of anilines is 1. The first kappa shape index (κ1) is 13.8. The van der Waals surface area contributed by atoms with Crippen molar-refractivity contribution in [2.75, 3.05) is 37.8 Å². The van der Waals surface area contributed by atoms with Crippen LogP contribution >= 0.6 is 0 Å². The van der Waals surface area contributed by atoms with Crippen molar-refractivity contribution in [3.05, 3.63) is 29.8 Å². The van der Waals surface area contributed by atoms with Crippen LogP contribution in [0.1, 0.15) is 5.56 Å². The molecular weight excluding hydrogens is 246 g/mol. The number of benzene rings is 1. The van der Waals surface area contributed by atoms with E-state index in [1.807, 2.05) is 12.1 Å². The van der Waals surface area contributed by atoms with Crippen LogP contribution in [-0.4, -0.2) is 38.8 Å². The highest BCUT2D eigenvalue weighted by Gasteiger charge is 2.10. The highest BCUT2D eigenvalue weighted by molar-refractivity contribution is 5.74. The number of hydrogen-bond acceptors (Lipinski definition) is 5. The minimum absolute atomic E-state index is 0.119. The average Bonchev–Trinajstić information content (AvgIpc) is 2.45. The number of hydroxylamine groups is 1. The lowest BCUT2D eigenvalue weighted by atomic mass is 10.2. The number of carbonyl (C=O) groups excluding carboxylic acids is 1. The first-order chi connectivity index (χ1) is 9.25. The molecule has 6 heteroatoms. The van der Waals surface area contributed by atoms with Crippen LogP contribution in [0.4, 0.5) is 5.69 Å². The summed E-state index contributed by atoms with van der Waals surface area (Å²) in [6.07, 6.45) is 0. The Morgan fingerprint density at radius 1 is 1.32 bits per heavy atom. The minimum Gasteiger partial charge on any atom is -0.378 e. The van der Waals surface area contributed by atoms with Crippen LogP contribution in [-0.2, 0) is 20.9 Å². The van der Waals surface area contributed by atoms with E-state index in [0.717, 1.165) is 31.9 Å². The summed E-state index contributed by atoms with van der Waals surface area (Å²) in [5.41, 5.74) is 9.94. The summed E-state index contributed by atoms with van der Waals surface area (Å²) in [4.78, 5) is 17.7. The fourth-order valence-corrected chi connectivity index (χ4v) is 1.90. The Bertz CT molecular complexity index is 402. The zero-order valence-corrected chi connectivity index (χ0v) is 10.8. The second-order valence-electron chi connectivity index (χ2n) is 4.34. The summed E-state index contributed by atoms with van der Waals surface area (Å²) >= 11 is 0. The molecule has 0 saturated carbocycles. The number of nitrogens with one attached hydrogen (secondary N) is 1. The van der Waals surface area contributed by atoms with Crippen molar-refractivity contribution in [1.82, 2.24) is 5.48 Å². The topological polar surface area (TPSA) is 76.8 Å². The molecule has 0 atom stereocenters. The van der Waals surface area contributed by atoms with Crippen LogP contribution in [0, 0.1) is 0 Å². The molecule has 0 radical (unpaired) electrons. The normalized spacial score (nSPS) is 15.5. The number of carbonyl (C=O) groups is 1. The van der Waals surface area contributed by atoms with Gasteiger partial charge >= 0.3 is 0 Å². The van der Waals surface area contributed by atoms with Crippen LogP contribution in [0.2, 0.25) is 0 Å². The SMILES string of the molecule is NC(=O)CONCc1ccc(N2CCOCC2)cc1. The lowest BCUT2D eigenvalue weighted by Crippen LogP contribution is -2.36. The molecule has 1 heterocycles. The number of rotatable bonds is 6. The number of nitrogens with two attached hydrogens (primary N) is 1. The third-order valence-electron chi connectivity index (χ3n) is 2.91. The zero-order chi connectivity index (χ0) is 13.5. The summed E-state index contributed by atoms with van der Waals surface area (Å²) in [6.45, 7) is 3.84. The van der Waals surface area contributed by atoms with E-state index < -0.39 is 5.91 Å². The van der Waals surface area contributed by atoms with Crippen LogP contribution in [0.15, 0.2) is 24.3 Å². The number of amides is 1. The second kappa shape index (κ2) is 7.08. The Balaban J connectivity index is 1.79. The summed E-state index contributed by atoms with van der Waals surface area (Å²) in [5, 5.41) is 0. The molecule has 1 aliphatic heterocycles. The van der Waals surface area contributed by atoms with Gasteiger partial charge in [0, 0.05) is 25.3 Å². The van der Waals surface area contributed by atoms with Gasteiger partial charge in [-0.15, -0.1) is 0 Å². The van der Waals surface area contributed by atoms with Gasteiger partial charge in [-0.05, 0) is 17.7 Å². The first-order valence-electron chi connectivity index (χ1n) is 6.30. The molecule has 1 aromatic rings. The predicted octanol–water partition coefficient (Wildman–Crippen LogP) is 0.0297. The molecule has 6 nitrogen and oxygen atoms in total. The zero-order valence-electron chi connectivity index (χ0n) is 10.8. The molecule has 0 aliphatic carbocycles. The summed E-state index contributed by atoms with van der Waals surface area (Å²) in [5.74, 6) is -0.491. The molecular formula is C13H19N3O3. The van der Waals surface area contributed by atoms with Crippen molar-refractivity contribution in [3.63, 3.8) is 0 Å². The molecule has 1 saturated heterocycles. The maximum Gasteiger partial charge on any atom is 0.245 e. The third kappa shape index (κ3) is 4.51. The summed E-state index contributed by atoms with van der Waals surface area (Å²) in [7, 11) is 0. The van der Waals surface area contributed by atoms with Gasteiger partial charge in [0.25, 0.3) is 0 Å². The van der Waals surface area contributed by atoms with E-state index in [1.54, 1.807) is 0 Å². The molecule has 2 rings (SSSR count). The van der Waals surface area contributed by atoms with E-state index in [-0.39, 0.29) is 6.61 Å². The third-order valence-corrected chi connectivity index (χ3v) is 2.91. The molecule has 0 bridgehead atoms. The molecule has 0 spiro atoms. The van der Waals surface area contributed by atoms with Crippen molar-refractivity contribution in [2.45, 2.75) is 6.54 Å². The van der Waals surface area contributed by atoms with E-state index in [4.69, 9.17) is 15.3 Å². The van der Waals surface area contributed by atoms with Gasteiger partial charge in [-0.25, -0.2) is 0 Å². The minimum atomic E-state index is -0.491. The monoisotopic (exact) mass is 265 g/mol. The second-order valence-corrected chi connectivity index (χ2v) is 4.34.